The van der Waals surface area contributed by atoms with Gasteiger partial charge in [0.1, 0.15) is 5.82 Å². The minimum absolute atomic E-state index is 0.138. The number of hydrogen-bond donors (Lipinski definition) is 2. The first-order valence-corrected chi connectivity index (χ1v) is 6.94. The van der Waals surface area contributed by atoms with Crippen LogP contribution in [0.15, 0.2) is 46.9 Å². The summed E-state index contributed by atoms with van der Waals surface area (Å²) in [6.07, 6.45) is 0. The number of nitrogens with zero attached hydrogens (tertiary/aromatic N) is 1. The van der Waals surface area contributed by atoms with Gasteiger partial charge in [-0.3, -0.25) is 4.79 Å². The number of benzene rings is 2. The van der Waals surface area contributed by atoms with E-state index in [1.807, 2.05) is 43.3 Å². The fraction of sp³-hybridized carbons (Fsp3) is 0.0667. The average Bonchev–Trinajstić information content (AvgIpc) is 2.80. The second kappa shape index (κ2) is 5.09. The van der Waals surface area contributed by atoms with Crippen LogP contribution in [0.3, 0.4) is 0 Å². The molecule has 2 aromatic carbocycles. The average molecular weight is 330 g/mol. The highest BCUT2D eigenvalue weighted by Gasteiger charge is 2.08. The van der Waals surface area contributed by atoms with Crippen molar-refractivity contribution in [1.82, 2.24) is 9.97 Å². The Balaban J connectivity index is 1.86. The first-order valence-electron chi connectivity index (χ1n) is 6.15. The van der Waals surface area contributed by atoms with Gasteiger partial charge in [-0.1, -0.05) is 15.9 Å². The Morgan fingerprint density at radius 3 is 2.70 bits per heavy atom. The molecule has 0 saturated heterocycles. The van der Waals surface area contributed by atoms with Crippen molar-refractivity contribution < 1.29 is 4.79 Å². The monoisotopic (exact) mass is 329 g/mol. The van der Waals surface area contributed by atoms with E-state index in [0.29, 0.717) is 5.56 Å². The van der Waals surface area contributed by atoms with Crippen LogP contribution in [0.5, 0.6) is 0 Å². The Hall–Kier alpha value is -2.14. The van der Waals surface area contributed by atoms with Crippen LogP contribution in [0.4, 0.5) is 5.69 Å². The highest BCUT2D eigenvalue weighted by molar-refractivity contribution is 9.10. The van der Waals surface area contributed by atoms with Crippen LogP contribution in [0.25, 0.3) is 11.0 Å². The van der Waals surface area contributed by atoms with E-state index in [0.717, 1.165) is 27.0 Å². The molecule has 0 aliphatic heterocycles. The first-order chi connectivity index (χ1) is 9.61. The highest BCUT2D eigenvalue weighted by atomic mass is 79.9. The smallest absolute Gasteiger partial charge is 0.255 e. The molecule has 20 heavy (non-hydrogen) atoms. The third-order valence-corrected chi connectivity index (χ3v) is 3.49. The van der Waals surface area contributed by atoms with Crippen molar-refractivity contribution in [1.29, 1.82) is 0 Å². The SMILES string of the molecule is Cc1nc2ccc(C(=O)Nc3ccc(Br)cc3)cc2[nH]1. The number of H-pyrrole nitrogens is 1. The molecule has 0 spiro atoms. The lowest BCUT2D eigenvalue weighted by Gasteiger charge is -2.05. The van der Waals surface area contributed by atoms with E-state index in [1.54, 1.807) is 6.07 Å². The molecule has 0 aliphatic carbocycles. The number of imidazole rings is 1. The lowest BCUT2D eigenvalue weighted by molar-refractivity contribution is 0.102. The van der Waals surface area contributed by atoms with Gasteiger partial charge in [-0.15, -0.1) is 0 Å². The van der Waals surface area contributed by atoms with Gasteiger partial charge >= 0.3 is 0 Å². The second-order valence-corrected chi connectivity index (χ2v) is 5.43. The van der Waals surface area contributed by atoms with Gasteiger partial charge in [0.15, 0.2) is 0 Å². The lowest BCUT2D eigenvalue weighted by atomic mass is 10.2. The quantitative estimate of drug-likeness (QED) is 0.749. The van der Waals surface area contributed by atoms with Crippen LogP contribution < -0.4 is 5.32 Å². The van der Waals surface area contributed by atoms with Gasteiger partial charge in [-0.05, 0) is 49.4 Å². The number of nitrogens with one attached hydrogen (secondary N) is 2. The molecule has 0 radical (unpaired) electrons. The summed E-state index contributed by atoms with van der Waals surface area (Å²) in [6.45, 7) is 1.89. The number of aryl methyl sites for hydroxylation is 1. The van der Waals surface area contributed by atoms with Crippen molar-refractivity contribution in [3.8, 4) is 0 Å². The molecule has 3 aromatic rings. The van der Waals surface area contributed by atoms with Crippen molar-refractivity contribution in [2.45, 2.75) is 6.92 Å². The summed E-state index contributed by atoms with van der Waals surface area (Å²) in [7, 11) is 0. The summed E-state index contributed by atoms with van der Waals surface area (Å²) >= 11 is 3.36. The molecule has 1 heterocycles. The molecule has 2 N–H and O–H groups in total. The van der Waals surface area contributed by atoms with Gasteiger partial charge in [0.25, 0.3) is 5.91 Å². The maximum atomic E-state index is 12.2. The van der Waals surface area contributed by atoms with E-state index in [-0.39, 0.29) is 5.91 Å². The standard InChI is InChI=1S/C15H12BrN3O/c1-9-17-13-7-2-10(8-14(13)18-9)15(20)19-12-5-3-11(16)4-6-12/h2-8H,1H3,(H,17,18)(H,19,20). The number of aromatic nitrogens is 2. The molecule has 1 aromatic heterocycles. The Morgan fingerprint density at radius 2 is 1.95 bits per heavy atom. The molecule has 0 unspecified atom stereocenters. The van der Waals surface area contributed by atoms with E-state index in [4.69, 9.17) is 0 Å². The fourth-order valence-corrected chi connectivity index (χ4v) is 2.28. The highest BCUT2D eigenvalue weighted by Crippen LogP contribution is 2.17. The van der Waals surface area contributed by atoms with E-state index in [9.17, 15) is 4.79 Å². The van der Waals surface area contributed by atoms with Gasteiger partial charge in [0.2, 0.25) is 0 Å². The van der Waals surface area contributed by atoms with Crippen molar-refractivity contribution in [3.63, 3.8) is 0 Å². The Kier molecular flexibility index (Phi) is 3.28. The fourth-order valence-electron chi connectivity index (χ4n) is 2.01. The third kappa shape index (κ3) is 2.58. The molecule has 0 bridgehead atoms. The number of amides is 1. The Labute approximate surface area is 124 Å². The van der Waals surface area contributed by atoms with Crippen molar-refractivity contribution in [2.24, 2.45) is 0 Å². The molecular weight excluding hydrogens is 318 g/mol. The minimum atomic E-state index is -0.138. The van der Waals surface area contributed by atoms with Crippen LogP contribution in [0, 0.1) is 6.92 Å². The molecule has 100 valence electrons. The lowest BCUT2D eigenvalue weighted by Crippen LogP contribution is -2.11. The number of aromatic amines is 1. The largest absolute Gasteiger partial charge is 0.342 e. The number of halogens is 1. The van der Waals surface area contributed by atoms with E-state index < -0.39 is 0 Å². The predicted molar refractivity (Wildman–Crippen MR) is 82.9 cm³/mol. The second-order valence-electron chi connectivity index (χ2n) is 4.52. The minimum Gasteiger partial charge on any atom is -0.342 e. The zero-order chi connectivity index (χ0) is 14.1. The van der Waals surface area contributed by atoms with Crippen LogP contribution in [0.2, 0.25) is 0 Å². The molecule has 0 fully saturated rings. The van der Waals surface area contributed by atoms with Crippen molar-refractivity contribution in [3.05, 3.63) is 58.3 Å². The summed E-state index contributed by atoms with van der Waals surface area (Å²) in [5.74, 6) is 0.701. The first kappa shape index (κ1) is 12.9. The normalized spacial score (nSPS) is 10.7. The molecule has 5 heteroatoms. The molecule has 3 rings (SSSR count). The number of carbonyl (C=O) groups is 1. The zero-order valence-electron chi connectivity index (χ0n) is 10.8. The zero-order valence-corrected chi connectivity index (χ0v) is 12.4. The molecular formula is C15H12BrN3O. The number of fused-ring (bicyclic) bond motifs is 1. The number of anilines is 1. The van der Waals surface area contributed by atoms with Crippen molar-refractivity contribution >= 4 is 38.6 Å². The van der Waals surface area contributed by atoms with Crippen LogP contribution in [-0.2, 0) is 0 Å². The van der Waals surface area contributed by atoms with Crippen LogP contribution >= 0.6 is 15.9 Å². The molecule has 1 amide bonds. The van der Waals surface area contributed by atoms with Gasteiger partial charge in [-0.25, -0.2) is 4.98 Å². The maximum absolute atomic E-state index is 12.2. The summed E-state index contributed by atoms with van der Waals surface area (Å²) in [5.41, 5.74) is 3.09. The summed E-state index contributed by atoms with van der Waals surface area (Å²) in [6, 6.07) is 12.9. The molecule has 0 atom stereocenters. The third-order valence-electron chi connectivity index (χ3n) is 2.96. The maximum Gasteiger partial charge on any atom is 0.255 e. The van der Waals surface area contributed by atoms with Crippen molar-refractivity contribution in [2.75, 3.05) is 5.32 Å². The summed E-state index contributed by atoms with van der Waals surface area (Å²) in [4.78, 5) is 19.6. The Morgan fingerprint density at radius 1 is 1.20 bits per heavy atom. The number of carbonyl (C=O) groups excluding carboxylic acids is 1. The van der Waals surface area contributed by atoms with E-state index in [1.165, 1.54) is 0 Å². The Bertz CT molecular complexity index is 777. The van der Waals surface area contributed by atoms with Gasteiger partial charge < -0.3 is 10.3 Å². The molecule has 0 saturated carbocycles. The van der Waals surface area contributed by atoms with Gasteiger partial charge in [-0.2, -0.15) is 0 Å². The predicted octanol–water partition coefficient (Wildman–Crippen LogP) is 3.89. The van der Waals surface area contributed by atoms with E-state index in [2.05, 4.69) is 31.2 Å². The summed E-state index contributed by atoms with van der Waals surface area (Å²) in [5, 5.41) is 2.86. The summed E-state index contributed by atoms with van der Waals surface area (Å²) < 4.78 is 0.977. The van der Waals surface area contributed by atoms with Gasteiger partial charge in [0.05, 0.1) is 11.0 Å². The van der Waals surface area contributed by atoms with Crippen LogP contribution in [-0.4, -0.2) is 15.9 Å². The van der Waals surface area contributed by atoms with Gasteiger partial charge in [0, 0.05) is 15.7 Å². The topological polar surface area (TPSA) is 57.8 Å². The molecule has 4 nitrogen and oxygen atoms in total. The van der Waals surface area contributed by atoms with Crippen LogP contribution in [0.1, 0.15) is 16.2 Å². The van der Waals surface area contributed by atoms with E-state index >= 15 is 0 Å². The molecule has 0 aliphatic rings. The number of hydrogen-bond acceptors (Lipinski definition) is 2. The number of rotatable bonds is 2.